The van der Waals surface area contributed by atoms with Crippen LogP contribution in [0.2, 0.25) is 0 Å². The molecule has 0 heteroatoms. The van der Waals surface area contributed by atoms with E-state index in [1.807, 2.05) is 0 Å². The Hall–Kier alpha value is -0.520. The molecule has 0 bridgehead atoms. The third-order valence-corrected chi connectivity index (χ3v) is 2.87. The van der Waals surface area contributed by atoms with Crippen LogP contribution in [0, 0.1) is 17.8 Å². The molecule has 0 amide bonds. The lowest BCUT2D eigenvalue weighted by Crippen LogP contribution is -2.17. The van der Waals surface area contributed by atoms with Gasteiger partial charge in [0.05, 0.1) is 0 Å². The van der Waals surface area contributed by atoms with E-state index in [9.17, 15) is 0 Å². The van der Waals surface area contributed by atoms with Gasteiger partial charge in [0.25, 0.3) is 0 Å². The Morgan fingerprint density at radius 2 is 1.92 bits per heavy atom. The minimum Gasteiger partial charge on any atom is -0.0811 e. The van der Waals surface area contributed by atoms with Gasteiger partial charge in [-0.15, -0.1) is 0 Å². The Labute approximate surface area is 76.4 Å². The minimum absolute atomic E-state index is 0.733. The summed E-state index contributed by atoms with van der Waals surface area (Å²) in [5.41, 5.74) is 0. The molecule has 0 nitrogen and oxygen atoms in total. The standard InChI is InChI=1S/C12H20/c1-4-7-10(2)12-9-6-5-8-11(12)3/h5-6,8-12H,4,7H2,1-3H3. The molecule has 1 aliphatic rings. The SMILES string of the molecule is CCCC(C)C1C=CC=CC1C. The van der Waals surface area contributed by atoms with Gasteiger partial charge in [0.1, 0.15) is 0 Å². The number of hydrogen-bond donors (Lipinski definition) is 0. The highest BCUT2D eigenvalue weighted by Gasteiger charge is 2.19. The van der Waals surface area contributed by atoms with Crippen LogP contribution in [0.15, 0.2) is 24.3 Å². The van der Waals surface area contributed by atoms with Crippen molar-refractivity contribution in [2.45, 2.75) is 33.6 Å². The van der Waals surface area contributed by atoms with E-state index >= 15 is 0 Å². The second-order valence-corrected chi connectivity index (χ2v) is 3.97. The normalized spacial score (nSPS) is 30.6. The molecule has 0 saturated carbocycles. The van der Waals surface area contributed by atoms with Crippen molar-refractivity contribution in [3.8, 4) is 0 Å². The molecule has 0 aromatic heterocycles. The molecule has 3 unspecified atom stereocenters. The first-order valence-corrected chi connectivity index (χ1v) is 5.10. The predicted molar refractivity (Wildman–Crippen MR) is 55.0 cm³/mol. The van der Waals surface area contributed by atoms with Gasteiger partial charge in [-0.25, -0.2) is 0 Å². The van der Waals surface area contributed by atoms with E-state index in [-0.39, 0.29) is 0 Å². The van der Waals surface area contributed by atoms with Crippen LogP contribution in [0.25, 0.3) is 0 Å². The third kappa shape index (κ3) is 2.23. The molecule has 0 radical (unpaired) electrons. The summed E-state index contributed by atoms with van der Waals surface area (Å²) in [7, 11) is 0. The van der Waals surface area contributed by atoms with E-state index in [4.69, 9.17) is 0 Å². The molecule has 0 aromatic carbocycles. The molecule has 0 heterocycles. The first-order valence-electron chi connectivity index (χ1n) is 5.10. The largest absolute Gasteiger partial charge is 0.0811 e. The lowest BCUT2D eigenvalue weighted by molar-refractivity contribution is 0.334. The Balaban J connectivity index is 2.50. The first-order chi connectivity index (χ1) is 5.75. The Kier molecular flexibility index (Phi) is 3.58. The van der Waals surface area contributed by atoms with E-state index in [0.717, 1.165) is 17.8 Å². The molecule has 0 N–H and O–H groups in total. The molecule has 0 fully saturated rings. The van der Waals surface area contributed by atoms with Gasteiger partial charge < -0.3 is 0 Å². The highest BCUT2D eigenvalue weighted by molar-refractivity contribution is 5.14. The third-order valence-electron chi connectivity index (χ3n) is 2.87. The first kappa shape index (κ1) is 9.57. The van der Waals surface area contributed by atoms with E-state index in [0.29, 0.717) is 0 Å². The fraction of sp³-hybridized carbons (Fsp3) is 0.667. The summed E-state index contributed by atoms with van der Waals surface area (Å²) >= 11 is 0. The smallest absolute Gasteiger partial charge is 0.0144 e. The average Bonchev–Trinajstić information content (AvgIpc) is 2.05. The Morgan fingerprint density at radius 1 is 1.25 bits per heavy atom. The quantitative estimate of drug-likeness (QED) is 0.595. The highest BCUT2D eigenvalue weighted by atomic mass is 14.2. The second kappa shape index (κ2) is 4.49. The minimum atomic E-state index is 0.733. The van der Waals surface area contributed by atoms with E-state index < -0.39 is 0 Å². The Bertz CT molecular complexity index is 176. The summed E-state index contributed by atoms with van der Waals surface area (Å²) in [5.74, 6) is 2.35. The number of rotatable bonds is 3. The molecule has 1 aliphatic carbocycles. The molecule has 0 saturated heterocycles. The molecule has 0 aliphatic heterocycles. The van der Waals surface area contributed by atoms with E-state index in [2.05, 4.69) is 45.1 Å². The predicted octanol–water partition coefficient (Wildman–Crippen LogP) is 3.80. The van der Waals surface area contributed by atoms with Crippen LogP contribution >= 0.6 is 0 Å². The summed E-state index contributed by atoms with van der Waals surface area (Å²) in [4.78, 5) is 0. The van der Waals surface area contributed by atoms with Gasteiger partial charge in [-0.05, 0) is 17.8 Å². The molecular formula is C12H20. The molecule has 12 heavy (non-hydrogen) atoms. The van der Waals surface area contributed by atoms with Crippen LogP contribution in [0.5, 0.6) is 0 Å². The second-order valence-electron chi connectivity index (χ2n) is 3.97. The van der Waals surface area contributed by atoms with Crippen molar-refractivity contribution >= 4 is 0 Å². The van der Waals surface area contributed by atoms with Gasteiger partial charge in [0.2, 0.25) is 0 Å². The van der Waals surface area contributed by atoms with Gasteiger partial charge in [0, 0.05) is 0 Å². The van der Waals surface area contributed by atoms with Crippen LogP contribution in [-0.4, -0.2) is 0 Å². The maximum absolute atomic E-state index is 2.37. The zero-order chi connectivity index (χ0) is 8.97. The molecule has 0 aromatic rings. The van der Waals surface area contributed by atoms with Crippen LogP contribution in [0.3, 0.4) is 0 Å². The van der Waals surface area contributed by atoms with Gasteiger partial charge in [-0.3, -0.25) is 0 Å². The lowest BCUT2D eigenvalue weighted by Gasteiger charge is -2.26. The monoisotopic (exact) mass is 164 g/mol. The summed E-state index contributed by atoms with van der Waals surface area (Å²) in [6.45, 7) is 6.95. The van der Waals surface area contributed by atoms with Crippen molar-refractivity contribution in [2.75, 3.05) is 0 Å². The summed E-state index contributed by atoms with van der Waals surface area (Å²) in [6, 6.07) is 0. The lowest BCUT2D eigenvalue weighted by atomic mass is 9.79. The van der Waals surface area contributed by atoms with Crippen LogP contribution in [-0.2, 0) is 0 Å². The van der Waals surface area contributed by atoms with E-state index in [1.54, 1.807) is 0 Å². The van der Waals surface area contributed by atoms with Gasteiger partial charge in [-0.1, -0.05) is 57.9 Å². The van der Waals surface area contributed by atoms with Crippen molar-refractivity contribution < 1.29 is 0 Å². The number of allylic oxidation sites excluding steroid dienone is 4. The zero-order valence-corrected chi connectivity index (χ0v) is 8.46. The van der Waals surface area contributed by atoms with Crippen LogP contribution in [0.4, 0.5) is 0 Å². The molecule has 3 atom stereocenters. The maximum Gasteiger partial charge on any atom is -0.0144 e. The van der Waals surface area contributed by atoms with Gasteiger partial charge in [-0.2, -0.15) is 0 Å². The summed E-state index contributed by atoms with van der Waals surface area (Å²) in [5, 5.41) is 0. The van der Waals surface area contributed by atoms with Crippen molar-refractivity contribution in [2.24, 2.45) is 17.8 Å². The molecule has 68 valence electrons. The summed E-state index contributed by atoms with van der Waals surface area (Å²) in [6.07, 6.45) is 11.7. The van der Waals surface area contributed by atoms with Gasteiger partial charge in [0.15, 0.2) is 0 Å². The molecule has 1 rings (SSSR count). The van der Waals surface area contributed by atoms with Crippen molar-refractivity contribution in [3.63, 3.8) is 0 Å². The van der Waals surface area contributed by atoms with Gasteiger partial charge >= 0.3 is 0 Å². The average molecular weight is 164 g/mol. The van der Waals surface area contributed by atoms with E-state index in [1.165, 1.54) is 12.8 Å². The molecule has 0 spiro atoms. The topological polar surface area (TPSA) is 0 Å². The zero-order valence-electron chi connectivity index (χ0n) is 8.46. The highest BCUT2D eigenvalue weighted by Crippen LogP contribution is 2.29. The summed E-state index contributed by atoms with van der Waals surface area (Å²) < 4.78 is 0. The van der Waals surface area contributed by atoms with Crippen LogP contribution < -0.4 is 0 Å². The fourth-order valence-corrected chi connectivity index (χ4v) is 2.09. The van der Waals surface area contributed by atoms with Crippen LogP contribution in [0.1, 0.15) is 33.6 Å². The molecular weight excluding hydrogens is 144 g/mol. The Morgan fingerprint density at radius 3 is 2.50 bits per heavy atom. The van der Waals surface area contributed by atoms with Crippen molar-refractivity contribution in [3.05, 3.63) is 24.3 Å². The number of hydrogen-bond acceptors (Lipinski definition) is 0. The van der Waals surface area contributed by atoms with Crippen molar-refractivity contribution in [1.29, 1.82) is 0 Å². The fourth-order valence-electron chi connectivity index (χ4n) is 2.09. The maximum atomic E-state index is 2.37. The van der Waals surface area contributed by atoms with Crippen molar-refractivity contribution in [1.82, 2.24) is 0 Å².